The summed E-state index contributed by atoms with van der Waals surface area (Å²) in [5, 5.41) is 0. The minimum Gasteiger partial charge on any atom is -0.0856 e. The van der Waals surface area contributed by atoms with Crippen LogP contribution >= 0.6 is 0 Å². The normalized spacial score (nSPS) is 12.5. The van der Waals surface area contributed by atoms with E-state index in [4.69, 9.17) is 0 Å². The zero-order chi connectivity index (χ0) is 10.8. The summed E-state index contributed by atoms with van der Waals surface area (Å²) in [6.07, 6.45) is 12.0. The molecule has 0 saturated carbocycles. The second-order valence-electron chi connectivity index (χ2n) is 4.85. The zero-order valence-electron chi connectivity index (χ0n) is 10.6. The SMILES string of the molecule is CCCCCCCC=C(C)CC(C)C. The summed E-state index contributed by atoms with van der Waals surface area (Å²) >= 11 is 0. The highest BCUT2D eigenvalue weighted by atomic mass is 14.0. The predicted molar refractivity (Wildman–Crippen MR) is 66.6 cm³/mol. The highest BCUT2D eigenvalue weighted by Crippen LogP contribution is 2.12. The van der Waals surface area contributed by atoms with Crippen LogP contribution in [0, 0.1) is 5.92 Å². The van der Waals surface area contributed by atoms with Gasteiger partial charge in [0, 0.05) is 0 Å². The molecule has 0 nitrogen and oxygen atoms in total. The largest absolute Gasteiger partial charge is 0.0856 e. The molecule has 0 bridgehead atoms. The van der Waals surface area contributed by atoms with Gasteiger partial charge in [0.25, 0.3) is 0 Å². The molecule has 0 amide bonds. The number of unbranched alkanes of at least 4 members (excludes halogenated alkanes) is 5. The Labute approximate surface area is 90.8 Å². The molecule has 0 spiro atoms. The number of allylic oxidation sites excluding steroid dienone is 2. The first-order valence-corrected chi connectivity index (χ1v) is 6.32. The van der Waals surface area contributed by atoms with E-state index in [9.17, 15) is 0 Å². The fraction of sp³-hybridized carbons (Fsp3) is 0.857. The van der Waals surface area contributed by atoms with Crippen molar-refractivity contribution in [2.75, 3.05) is 0 Å². The van der Waals surface area contributed by atoms with E-state index < -0.39 is 0 Å². The molecule has 0 aromatic rings. The molecule has 14 heavy (non-hydrogen) atoms. The monoisotopic (exact) mass is 196 g/mol. The predicted octanol–water partition coefficient (Wildman–Crippen LogP) is 5.34. The Balaban J connectivity index is 3.32. The van der Waals surface area contributed by atoms with Crippen molar-refractivity contribution in [3.8, 4) is 0 Å². The molecule has 84 valence electrons. The molecule has 0 aliphatic rings. The maximum Gasteiger partial charge on any atom is -0.0300 e. The van der Waals surface area contributed by atoms with Crippen LogP contribution in [-0.4, -0.2) is 0 Å². The Hall–Kier alpha value is -0.260. The molecular weight excluding hydrogens is 168 g/mol. The van der Waals surface area contributed by atoms with Crippen molar-refractivity contribution in [1.82, 2.24) is 0 Å². The van der Waals surface area contributed by atoms with Crippen molar-refractivity contribution in [1.29, 1.82) is 0 Å². The quantitative estimate of drug-likeness (QED) is 0.363. The topological polar surface area (TPSA) is 0 Å². The van der Waals surface area contributed by atoms with Gasteiger partial charge >= 0.3 is 0 Å². The van der Waals surface area contributed by atoms with Gasteiger partial charge in [-0.3, -0.25) is 0 Å². The summed E-state index contributed by atoms with van der Waals surface area (Å²) in [5.74, 6) is 0.811. The van der Waals surface area contributed by atoms with E-state index in [1.165, 1.54) is 44.9 Å². The first-order chi connectivity index (χ1) is 6.66. The van der Waals surface area contributed by atoms with Gasteiger partial charge in [-0.15, -0.1) is 0 Å². The molecule has 0 saturated heterocycles. The Bertz CT molecular complexity index is 142. The van der Waals surface area contributed by atoms with Gasteiger partial charge in [0.2, 0.25) is 0 Å². The van der Waals surface area contributed by atoms with Crippen LogP contribution in [0.2, 0.25) is 0 Å². The van der Waals surface area contributed by atoms with Gasteiger partial charge in [-0.25, -0.2) is 0 Å². The minimum atomic E-state index is 0.811. The molecule has 0 rings (SSSR count). The van der Waals surface area contributed by atoms with Crippen LogP contribution < -0.4 is 0 Å². The van der Waals surface area contributed by atoms with Gasteiger partial charge in [-0.2, -0.15) is 0 Å². The average Bonchev–Trinajstić information content (AvgIpc) is 2.10. The molecule has 0 fully saturated rings. The maximum absolute atomic E-state index is 2.44. The summed E-state index contributed by atoms with van der Waals surface area (Å²) < 4.78 is 0. The molecule has 0 heterocycles. The van der Waals surface area contributed by atoms with Crippen LogP contribution in [0.1, 0.15) is 72.6 Å². The van der Waals surface area contributed by atoms with Crippen LogP contribution in [0.15, 0.2) is 11.6 Å². The molecule has 0 heteroatoms. The Kier molecular flexibility index (Phi) is 9.13. The third-order valence-corrected chi connectivity index (χ3v) is 2.53. The number of rotatable bonds is 8. The lowest BCUT2D eigenvalue weighted by molar-refractivity contribution is 0.625. The molecule has 0 aromatic carbocycles. The molecule has 0 unspecified atom stereocenters. The molecule has 0 aliphatic carbocycles. The molecule has 0 radical (unpaired) electrons. The van der Waals surface area contributed by atoms with E-state index >= 15 is 0 Å². The van der Waals surface area contributed by atoms with Gasteiger partial charge < -0.3 is 0 Å². The van der Waals surface area contributed by atoms with E-state index in [0.717, 1.165) is 5.92 Å². The van der Waals surface area contributed by atoms with Gasteiger partial charge in [-0.05, 0) is 32.1 Å². The lowest BCUT2D eigenvalue weighted by Crippen LogP contribution is -1.88. The van der Waals surface area contributed by atoms with Crippen LogP contribution in [0.5, 0.6) is 0 Å². The Morgan fingerprint density at radius 1 is 1.07 bits per heavy atom. The van der Waals surface area contributed by atoms with Crippen molar-refractivity contribution in [2.45, 2.75) is 72.6 Å². The highest BCUT2D eigenvalue weighted by Gasteiger charge is 1.94. The second-order valence-corrected chi connectivity index (χ2v) is 4.85. The highest BCUT2D eigenvalue weighted by molar-refractivity contribution is 4.98. The van der Waals surface area contributed by atoms with E-state index in [0.29, 0.717) is 0 Å². The third kappa shape index (κ3) is 9.83. The van der Waals surface area contributed by atoms with Crippen molar-refractivity contribution < 1.29 is 0 Å². The first-order valence-electron chi connectivity index (χ1n) is 6.32. The van der Waals surface area contributed by atoms with Crippen LogP contribution in [0.25, 0.3) is 0 Å². The average molecular weight is 196 g/mol. The van der Waals surface area contributed by atoms with E-state index in [2.05, 4.69) is 33.8 Å². The zero-order valence-corrected chi connectivity index (χ0v) is 10.6. The molecule has 0 aromatic heterocycles. The minimum absolute atomic E-state index is 0.811. The van der Waals surface area contributed by atoms with E-state index in [1.54, 1.807) is 5.57 Å². The summed E-state index contributed by atoms with van der Waals surface area (Å²) in [6, 6.07) is 0. The second kappa shape index (κ2) is 9.30. The van der Waals surface area contributed by atoms with Crippen LogP contribution in [0.4, 0.5) is 0 Å². The molecule has 0 N–H and O–H groups in total. The molecular formula is C14H28. The fourth-order valence-corrected chi connectivity index (χ4v) is 1.82. The van der Waals surface area contributed by atoms with Crippen molar-refractivity contribution in [3.05, 3.63) is 11.6 Å². The summed E-state index contributed by atoms with van der Waals surface area (Å²) in [5.41, 5.74) is 1.58. The van der Waals surface area contributed by atoms with Crippen LogP contribution in [0.3, 0.4) is 0 Å². The summed E-state index contributed by atoms with van der Waals surface area (Å²) in [6.45, 7) is 9.12. The standard InChI is InChI=1S/C14H28/c1-5-6-7-8-9-10-11-14(4)12-13(2)3/h11,13H,5-10,12H2,1-4H3. The van der Waals surface area contributed by atoms with E-state index in [-0.39, 0.29) is 0 Å². The smallest absolute Gasteiger partial charge is 0.0300 e. The van der Waals surface area contributed by atoms with Crippen molar-refractivity contribution >= 4 is 0 Å². The fourth-order valence-electron chi connectivity index (χ4n) is 1.82. The molecule has 0 atom stereocenters. The van der Waals surface area contributed by atoms with Crippen molar-refractivity contribution in [2.24, 2.45) is 5.92 Å². The summed E-state index contributed by atoms with van der Waals surface area (Å²) in [7, 11) is 0. The third-order valence-electron chi connectivity index (χ3n) is 2.53. The van der Waals surface area contributed by atoms with Gasteiger partial charge in [0.05, 0.1) is 0 Å². The van der Waals surface area contributed by atoms with Gasteiger partial charge in [-0.1, -0.05) is 58.1 Å². The van der Waals surface area contributed by atoms with Crippen molar-refractivity contribution in [3.63, 3.8) is 0 Å². The van der Waals surface area contributed by atoms with Crippen LogP contribution in [-0.2, 0) is 0 Å². The van der Waals surface area contributed by atoms with Gasteiger partial charge in [0.15, 0.2) is 0 Å². The summed E-state index contributed by atoms with van der Waals surface area (Å²) in [4.78, 5) is 0. The van der Waals surface area contributed by atoms with Gasteiger partial charge in [0.1, 0.15) is 0 Å². The van der Waals surface area contributed by atoms with E-state index in [1.807, 2.05) is 0 Å². The maximum atomic E-state index is 2.44. The molecule has 0 aliphatic heterocycles. The Morgan fingerprint density at radius 2 is 1.71 bits per heavy atom. The lowest BCUT2D eigenvalue weighted by Gasteiger charge is -2.04. The number of hydrogen-bond donors (Lipinski definition) is 0. The first kappa shape index (κ1) is 13.7. The number of hydrogen-bond acceptors (Lipinski definition) is 0. The Morgan fingerprint density at radius 3 is 2.29 bits per heavy atom. The lowest BCUT2D eigenvalue weighted by atomic mass is 10.0.